The molecule has 0 aliphatic rings. The van der Waals surface area contributed by atoms with Crippen LogP contribution in [0.25, 0.3) is 11.1 Å². The summed E-state index contributed by atoms with van der Waals surface area (Å²) in [6, 6.07) is 12.7. The van der Waals surface area contributed by atoms with Gasteiger partial charge in [-0.15, -0.1) is 0 Å². The third kappa shape index (κ3) is 2.79. The monoisotopic (exact) mass is 270 g/mol. The number of ether oxygens (including phenoxy) is 2. The second kappa shape index (κ2) is 6.47. The van der Waals surface area contributed by atoms with Gasteiger partial charge in [-0.3, -0.25) is 0 Å². The van der Waals surface area contributed by atoms with Gasteiger partial charge in [-0.25, -0.2) is 0 Å². The van der Waals surface area contributed by atoms with Crippen molar-refractivity contribution in [3.63, 3.8) is 0 Å². The van der Waals surface area contributed by atoms with Crippen molar-refractivity contribution in [3.8, 4) is 22.6 Å². The summed E-state index contributed by atoms with van der Waals surface area (Å²) in [7, 11) is 3.42. The number of aryl methyl sites for hydroxylation is 2. The summed E-state index contributed by atoms with van der Waals surface area (Å²) >= 11 is 0. The number of hydrogen-bond donors (Lipinski definition) is 0. The summed E-state index contributed by atoms with van der Waals surface area (Å²) in [5.74, 6) is 1.77. The Hall–Kier alpha value is -1.96. The van der Waals surface area contributed by atoms with Gasteiger partial charge < -0.3 is 9.47 Å². The van der Waals surface area contributed by atoms with E-state index in [9.17, 15) is 0 Å². The van der Waals surface area contributed by atoms with Crippen molar-refractivity contribution >= 4 is 0 Å². The minimum absolute atomic E-state index is 0.883. The molecule has 0 heterocycles. The molecule has 106 valence electrons. The molecular weight excluding hydrogens is 248 g/mol. The van der Waals surface area contributed by atoms with E-state index in [2.05, 4.69) is 38.1 Å². The lowest BCUT2D eigenvalue weighted by Gasteiger charge is -2.15. The first-order valence-corrected chi connectivity index (χ1v) is 7.07. The van der Waals surface area contributed by atoms with Crippen LogP contribution in [0.15, 0.2) is 36.4 Å². The van der Waals surface area contributed by atoms with Crippen molar-refractivity contribution in [2.75, 3.05) is 14.2 Å². The van der Waals surface area contributed by atoms with Crippen LogP contribution in [0.2, 0.25) is 0 Å². The molecule has 0 aliphatic carbocycles. The first-order valence-electron chi connectivity index (χ1n) is 7.07. The third-order valence-corrected chi connectivity index (χ3v) is 3.63. The van der Waals surface area contributed by atoms with Gasteiger partial charge in [-0.2, -0.15) is 0 Å². The molecule has 0 saturated carbocycles. The summed E-state index contributed by atoms with van der Waals surface area (Å²) < 4.78 is 11.0. The van der Waals surface area contributed by atoms with Gasteiger partial charge in [0.1, 0.15) is 11.5 Å². The van der Waals surface area contributed by atoms with E-state index < -0.39 is 0 Å². The van der Waals surface area contributed by atoms with Crippen LogP contribution >= 0.6 is 0 Å². The zero-order chi connectivity index (χ0) is 14.5. The Labute approximate surface area is 121 Å². The van der Waals surface area contributed by atoms with E-state index in [1.807, 2.05) is 12.1 Å². The molecule has 2 rings (SSSR count). The molecule has 0 unspecified atom stereocenters. The van der Waals surface area contributed by atoms with Crippen LogP contribution in [-0.2, 0) is 12.8 Å². The Balaban J connectivity index is 2.64. The zero-order valence-electron chi connectivity index (χ0n) is 12.7. The molecule has 2 aromatic rings. The Kier molecular flexibility index (Phi) is 4.67. The number of hydrogen-bond acceptors (Lipinski definition) is 2. The molecule has 0 spiro atoms. The molecule has 0 amide bonds. The summed E-state index contributed by atoms with van der Waals surface area (Å²) in [4.78, 5) is 0. The van der Waals surface area contributed by atoms with E-state index in [0.29, 0.717) is 0 Å². The van der Waals surface area contributed by atoms with E-state index in [1.54, 1.807) is 14.2 Å². The fourth-order valence-electron chi connectivity index (χ4n) is 2.37. The van der Waals surface area contributed by atoms with E-state index in [0.717, 1.165) is 35.5 Å². The second-order valence-electron chi connectivity index (χ2n) is 4.78. The van der Waals surface area contributed by atoms with Crippen molar-refractivity contribution in [3.05, 3.63) is 47.5 Å². The Morgan fingerprint density at radius 3 is 1.40 bits per heavy atom. The first kappa shape index (κ1) is 14.4. The molecule has 0 atom stereocenters. The fraction of sp³-hybridized carbons (Fsp3) is 0.333. The quantitative estimate of drug-likeness (QED) is 0.796. The summed E-state index contributed by atoms with van der Waals surface area (Å²) in [5, 5.41) is 0. The van der Waals surface area contributed by atoms with E-state index >= 15 is 0 Å². The van der Waals surface area contributed by atoms with Crippen molar-refractivity contribution in [2.45, 2.75) is 26.7 Å². The molecule has 0 radical (unpaired) electrons. The largest absolute Gasteiger partial charge is 0.496 e. The number of methoxy groups -OCH3 is 2. The lowest BCUT2D eigenvalue weighted by Crippen LogP contribution is -1.94. The maximum absolute atomic E-state index is 5.52. The Morgan fingerprint density at radius 2 is 1.10 bits per heavy atom. The second-order valence-corrected chi connectivity index (χ2v) is 4.78. The first-order chi connectivity index (χ1) is 9.73. The van der Waals surface area contributed by atoms with Crippen molar-refractivity contribution in [2.24, 2.45) is 0 Å². The van der Waals surface area contributed by atoms with Crippen LogP contribution in [0.5, 0.6) is 11.5 Å². The highest BCUT2D eigenvalue weighted by atomic mass is 16.5. The van der Waals surface area contributed by atoms with Crippen LogP contribution in [0, 0.1) is 0 Å². The maximum Gasteiger partial charge on any atom is 0.126 e. The number of rotatable bonds is 5. The molecule has 0 aromatic heterocycles. The highest BCUT2D eigenvalue weighted by Crippen LogP contribution is 2.37. The molecule has 0 fully saturated rings. The van der Waals surface area contributed by atoms with Crippen LogP contribution in [0.1, 0.15) is 25.0 Å². The van der Waals surface area contributed by atoms with Gasteiger partial charge in [0.2, 0.25) is 0 Å². The van der Waals surface area contributed by atoms with Gasteiger partial charge in [0.25, 0.3) is 0 Å². The Bertz CT molecular complexity index is 534. The molecule has 2 heteroatoms. The van der Waals surface area contributed by atoms with Crippen molar-refractivity contribution in [1.29, 1.82) is 0 Å². The molecule has 0 N–H and O–H groups in total. The van der Waals surface area contributed by atoms with Gasteiger partial charge in [-0.05, 0) is 48.2 Å². The maximum atomic E-state index is 5.52. The predicted molar refractivity (Wildman–Crippen MR) is 83.7 cm³/mol. The summed E-state index contributed by atoms with van der Waals surface area (Å²) in [6.45, 7) is 4.32. The van der Waals surface area contributed by atoms with Crippen molar-refractivity contribution < 1.29 is 9.47 Å². The highest BCUT2D eigenvalue weighted by Gasteiger charge is 2.12. The van der Waals surface area contributed by atoms with Crippen LogP contribution in [0.4, 0.5) is 0 Å². The molecule has 2 aromatic carbocycles. The predicted octanol–water partition coefficient (Wildman–Crippen LogP) is 4.50. The minimum Gasteiger partial charge on any atom is -0.496 e. The SMILES string of the molecule is CCc1ccc(OC)c(-c2cc(CC)ccc2OC)c1. The molecule has 0 aliphatic heterocycles. The topological polar surface area (TPSA) is 18.5 Å². The van der Waals surface area contributed by atoms with Gasteiger partial charge in [0, 0.05) is 11.1 Å². The van der Waals surface area contributed by atoms with E-state index in [4.69, 9.17) is 9.47 Å². The molecule has 0 saturated heterocycles. The summed E-state index contributed by atoms with van der Waals surface area (Å²) in [5.41, 5.74) is 4.78. The lowest BCUT2D eigenvalue weighted by atomic mass is 9.97. The van der Waals surface area contributed by atoms with Crippen LogP contribution < -0.4 is 9.47 Å². The van der Waals surface area contributed by atoms with Crippen LogP contribution in [-0.4, -0.2) is 14.2 Å². The standard InChI is InChI=1S/C18H22O2/c1-5-13-7-9-17(19-3)15(11-13)16-12-14(6-2)8-10-18(16)20-4/h7-12H,5-6H2,1-4H3. The third-order valence-electron chi connectivity index (χ3n) is 3.63. The fourth-order valence-corrected chi connectivity index (χ4v) is 2.37. The number of benzene rings is 2. The van der Waals surface area contributed by atoms with Crippen LogP contribution in [0.3, 0.4) is 0 Å². The molecule has 0 bridgehead atoms. The smallest absolute Gasteiger partial charge is 0.126 e. The minimum atomic E-state index is 0.883. The molecule has 20 heavy (non-hydrogen) atoms. The zero-order valence-corrected chi connectivity index (χ0v) is 12.7. The average molecular weight is 270 g/mol. The molecular formula is C18H22O2. The molecule has 2 nitrogen and oxygen atoms in total. The van der Waals surface area contributed by atoms with Gasteiger partial charge in [0.15, 0.2) is 0 Å². The summed E-state index contributed by atoms with van der Waals surface area (Å²) in [6.07, 6.45) is 2.01. The van der Waals surface area contributed by atoms with E-state index in [1.165, 1.54) is 11.1 Å². The average Bonchev–Trinajstić information content (AvgIpc) is 2.53. The van der Waals surface area contributed by atoms with Gasteiger partial charge in [0.05, 0.1) is 14.2 Å². The highest BCUT2D eigenvalue weighted by molar-refractivity contribution is 5.77. The van der Waals surface area contributed by atoms with Crippen molar-refractivity contribution in [1.82, 2.24) is 0 Å². The lowest BCUT2D eigenvalue weighted by molar-refractivity contribution is 0.410. The van der Waals surface area contributed by atoms with E-state index in [-0.39, 0.29) is 0 Å². The normalized spacial score (nSPS) is 10.4. The Morgan fingerprint density at radius 1 is 0.700 bits per heavy atom. The van der Waals surface area contributed by atoms with Gasteiger partial charge >= 0.3 is 0 Å². The van der Waals surface area contributed by atoms with Gasteiger partial charge in [-0.1, -0.05) is 26.0 Å².